The highest BCUT2D eigenvalue weighted by Crippen LogP contribution is 2.41. The van der Waals surface area contributed by atoms with Gasteiger partial charge >= 0.3 is 0 Å². The number of benzene rings is 2. The summed E-state index contributed by atoms with van der Waals surface area (Å²) in [5, 5.41) is 3.52. The molecule has 2 aromatic carbocycles. The molecule has 0 radical (unpaired) electrons. The van der Waals surface area contributed by atoms with Crippen LogP contribution in [0.4, 0.5) is 0 Å². The number of hydrogen-bond donors (Lipinski definition) is 0. The van der Waals surface area contributed by atoms with Gasteiger partial charge in [0.25, 0.3) is 0 Å². The molecule has 25 heavy (non-hydrogen) atoms. The topological polar surface area (TPSA) is 21.5 Å². The minimum Gasteiger partial charge on any atom is -0.312 e. The van der Waals surface area contributed by atoms with E-state index in [-0.39, 0.29) is 11.2 Å². The molecule has 0 amide bonds. The Morgan fingerprint density at radius 2 is 1.72 bits per heavy atom. The first-order valence-electron chi connectivity index (χ1n) is 8.93. The summed E-state index contributed by atoms with van der Waals surface area (Å²) in [6.45, 7) is 6.50. The van der Waals surface area contributed by atoms with Crippen LogP contribution in [0.15, 0.2) is 48.5 Å². The van der Waals surface area contributed by atoms with Gasteiger partial charge < -0.3 is 4.40 Å². The summed E-state index contributed by atoms with van der Waals surface area (Å²) in [5.41, 5.74) is 5.72. The van der Waals surface area contributed by atoms with E-state index < -0.39 is 0 Å². The number of para-hydroxylation sites is 1. The average Bonchev–Trinajstić information content (AvgIpc) is 2.92. The van der Waals surface area contributed by atoms with Crippen molar-refractivity contribution in [1.29, 1.82) is 0 Å². The van der Waals surface area contributed by atoms with Crippen LogP contribution >= 0.6 is 0 Å². The Kier molecular flexibility index (Phi) is 2.78. The summed E-state index contributed by atoms with van der Waals surface area (Å²) in [6, 6.07) is 17.2. The highest BCUT2D eigenvalue weighted by molar-refractivity contribution is 6.15. The lowest BCUT2D eigenvalue weighted by molar-refractivity contribution is 0.0912. The molecule has 5 rings (SSSR count). The van der Waals surface area contributed by atoms with Crippen molar-refractivity contribution in [2.24, 2.45) is 5.41 Å². The number of carbonyl (C=O) groups excluding carboxylic acids is 1. The van der Waals surface area contributed by atoms with Crippen LogP contribution in [0.25, 0.3) is 27.2 Å². The normalized spacial score (nSPS) is 16.7. The molecule has 0 aliphatic heterocycles. The van der Waals surface area contributed by atoms with Gasteiger partial charge in [-0.3, -0.25) is 4.79 Å². The van der Waals surface area contributed by atoms with E-state index in [0.717, 1.165) is 17.4 Å². The third-order valence-corrected chi connectivity index (χ3v) is 5.55. The van der Waals surface area contributed by atoms with E-state index in [0.29, 0.717) is 6.42 Å². The lowest BCUT2D eigenvalue weighted by Gasteiger charge is -2.32. The van der Waals surface area contributed by atoms with Gasteiger partial charge in [-0.2, -0.15) is 0 Å². The minimum atomic E-state index is -0.000110. The largest absolute Gasteiger partial charge is 0.312 e. The van der Waals surface area contributed by atoms with E-state index >= 15 is 0 Å². The van der Waals surface area contributed by atoms with Crippen LogP contribution in [-0.2, 0) is 6.42 Å². The lowest BCUT2D eigenvalue weighted by atomic mass is 9.74. The number of aryl methyl sites for hydroxylation is 1. The second-order valence-electron chi connectivity index (χ2n) is 8.24. The zero-order valence-electron chi connectivity index (χ0n) is 14.9. The molecule has 0 saturated carbocycles. The minimum absolute atomic E-state index is 0.000110. The van der Waals surface area contributed by atoms with E-state index in [1.807, 2.05) is 0 Å². The summed E-state index contributed by atoms with van der Waals surface area (Å²) >= 11 is 0. The molecule has 0 fully saturated rings. The third-order valence-electron chi connectivity index (χ3n) is 5.55. The second-order valence-corrected chi connectivity index (χ2v) is 8.24. The third kappa shape index (κ3) is 2.00. The zero-order chi connectivity index (χ0) is 17.3. The van der Waals surface area contributed by atoms with Gasteiger partial charge in [0, 0.05) is 28.5 Å². The van der Waals surface area contributed by atoms with Gasteiger partial charge in [-0.25, -0.2) is 0 Å². The van der Waals surface area contributed by atoms with Gasteiger partial charge in [0.2, 0.25) is 0 Å². The number of aromatic nitrogens is 1. The van der Waals surface area contributed by atoms with Gasteiger partial charge in [-0.15, -0.1) is 0 Å². The molecule has 4 aromatic rings. The Labute approximate surface area is 147 Å². The molecule has 2 heterocycles. The summed E-state index contributed by atoms with van der Waals surface area (Å²) < 4.78 is 2.33. The Morgan fingerprint density at radius 3 is 2.56 bits per heavy atom. The van der Waals surface area contributed by atoms with Gasteiger partial charge in [-0.05, 0) is 36.3 Å². The monoisotopic (exact) mass is 327 g/mol. The van der Waals surface area contributed by atoms with Gasteiger partial charge in [0.05, 0.1) is 11.0 Å². The Morgan fingerprint density at radius 1 is 0.920 bits per heavy atom. The molecule has 0 saturated heterocycles. The number of carbonyl (C=O) groups is 1. The number of Topliss-reactive ketones (excluding diaryl/α,β-unsaturated/α-hetero) is 1. The van der Waals surface area contributed by atoms with Crippen LogP contribution in [0.1, 0.15) is 41.9 Å². The molecule has 2 aromatic heterocycles. The van der Waals surface area contributed by atoms with Gasteiger partial charge in [0.1, 0.15) is 0 Å². The van der Waals surface area contributed by atoms with Crippen molar-refractivity contribution >= 4 is 33.0 Å². The fourth-order valence-electron chi connectivity index (χ4n) is 4.52. The summed E-state index contributed by atoms with van der Waals surface area (Å²) in [5.74, 6) is 0.279. The van der Waals surface area contributed by atoms with E-state index in [4.69, 9.17) is 0 Å². The second kappa shape index (κ2) is 4.72. The molecule has 0 spiro atoms. The number of fused-ring (bicyclic) bond motifs is 8. The molecule has 0 unspecified atom stereocenters. The van der Waals surface area contributed by atoms with E-state index in [1.54, 1.807) is 0 Å². The van der Waals surface area contributed by atoms with Crippen LogP contribution in [0, 0.1) is 12.3 Å². The smallest absolute Gasteiger partial charge is 0.165 e. The van der Waals surface area contributed by atoms with E-state index in [1.165, 1.54) is 33.1 Å². The molecular weight excluding hydrogens is 306 g/mol. The number of ketones is 1. The van der Waals surface area contributed by atoms with Gasteiger partial charge in [0.15, 0.2) is 5.78 Å². The molecule has 1 aliphatic carbocycles. The Balaban J connectivity index is 2.08. The molecule has 2 heteroatoms. The SMILES string of the molecule is Cc1ccc2c(c1)c1c(n3c4ccccc4cc23)CC(C)(C)CC1=O. The molecular formula is C23H21NO. The fraction of sp³-hybridized carbons (Fsp3) is 0.261. The van der Waals surface area contributed by atoms with Crippen molar-refractivity contribution in [2.45, 2.75) is 33.6 Å². The lowest BCUT2D eigenvalue weighted by Crippen LogP contribution is -2.29. The molecule has 0 atom stereocenters. The standard InChI is InChI=1S/C23H21NO/c1-14-8-9-16-17(10-14)22-20(12-23(2,3)13-21(22)25)24-18-7-5-4-6-15(18)11-19(16)24/h4-11H,12-13H2,1-3H3. The number of pyridine rings is 1. The Hall–Kier alpha value is -2.61. The van der Waals surface area contributed by atoms with Crippen LogP contribution < -0.4 is 0 Å². The fourth-order valence-corrected chi connectivity index (χ4v) is 4.52. The van der Waals surface area contributed by atoms with Gasteiger partial charge in [-0.1, -0.05) is 55.8 Å². The Bertz CT molecular complexity index is 1190. The van der Waals surface area contributed by atoms with Crippen LogP contribution in [-0.4, -0.2) is 10.2 Å². The predicted molar refractivity (Wildman–Crippen MR) is 104 cm³/mol. The first-order chi connectivity index (χ1) is 11.9. The van der Waals surface area contributed by atoms with Crippen LogP contribution in [0.2, 0.25) is 0 Å². The maximum atomic E-state index is 13.1. The first kappa shape index (κ1) is 14.7. The van der Waals surface area contributed by atoms with E-state index in [2.05, 4.69) is 73.7 Å². The number of hydrogen-bond acceptors (Lipinski definition) is 1. The van der Waals surface area contributed by atoms with Crippen molar-refractivity contribution in [1.82, 2.24) is 4.40 Å². The predicted octanol–water partition coefficient (Wildman–Crippen LogP) is 5.71. The summed E-state index contributed by atoms with van der Waals surface area (Å²) in [4.78, 5) is 13.1. The highest BCUT2D eigenvalue weighted by Gasteiger charge is 2.34. The van der Waals surface area contributed by atoms with Crippen LogP contribution in [0.5, 0.6) is 0 Å². The van der Waals surface area contributed by atoms with Crippen LogP contribution in [0.3, 0.4) is 0 Å². The van der Waals surface area contributed by atoms with Crippen molar-refractivity contribution < 1.29 is 4.79 Å². The van der Waals surface area contributed by atoms with Crippen molar-refractivity contribution in [3.8, 4) is 0 Å². The first-order valence-corrected chi connectivity index (χ1v) is 8.93. The number of rotatable bonds is 0. The maximum absolute atomic E-state index is 13.1. The zero-order valence-corrected chi connectivity index (χ0v) is 14.9. The molecule has 1 aliphatic rings. The number of nitrogens with zero attached hydrogens (tertiary/aromatic N) is 1. The van der Waals surface area contributed by atoms with Crippen molar-refractivity contribution in [3.05, 3.63) is 65.4 Å². The summed E-state index contributed by atoms with van der Waals surface area (Å²) in [6.07, 6.45) is 1.54. The van der Waals surface area contributed by atoms with Crippen molar-refractivity contribution in [3.63, 3.8) is 0 Å². The molecule has 124 valence electrons. The highest BCUT2D eigenvalue weighted by atomic mass is 16.1. The average molecular weight is 327 g/mol. The van der Waals surface area contributed by atoms with E-state index in [9.17, 15) is 4.79 Å². The quantitative estimate of drug-likeness (QED) is 0.405. The molecule has 2 nitrogen and oxygen atoms in total. The maximum Gasteiger partial charge on any atom is 0.165 e. The summed E-state index contributed by atoms with van der Waals surface area (Å²) in [7, 11) is 0. The van der Waals surface area contributed by atoms with Crippen molar-refractivity contribution in [2.75, 3.05) is 0 Å². The molecule has 0 N–H and O–H groups in total. The molecule has 0 bridgehead atoms.